The third kappa shape index (κ3) is 3.71. The Morgan fingerprint density at radius 2 is 2.11 bits per heavy atom. The van der Waals surface area contributed by atoms with E-state index < -0.39 is 0 Å². The van der Waals surface area contributed by atoms with Crippen LogP contribution in [-0.2, 0) is 6.42 Å². The van der Waals surface area contributed by atoms with Crippen molar-refractivity contribution in [3.05, 3.63) is 28.9 Å². The second-order valence-corrected chi connectivity index (χ2v) is 5.22. The molecule has 0 fully saturated rings. The topological polar surface area (TPSA) is 51.2 Å². The Morgan fingerprint density at radius 3 is 2.78 bits per heavy atom. The van der Waals surface area contributed by atoms with Crippen LogP contribution in [0.2, 0.25) is 0 Å². The Kier molecular flexibility index (Phi) is 4.60. The molecule has 0 radical (unpaired) electrons. The molecule has 0 spiro atoms. The molecule has 0 aliphatic carbocycles. The van der Waals surface area contributed by atoms with Crippen LogP contribution in [0.3, 0.4) is 0 Å². The zero-order chi connectivity index (χ0) is 13.0. The molecule has 1 N–H and O–H groups in total. The first-order chi connectivity index (χ1) is 8.65. The van der Waals surface area contributed by atoms with Crippen molar-refractivity contribution in [3.8, 4) is 11.5 Å². The van der Waals surface area contributed by atoms with Crippen LogP contribution >= 0.6 is 15.9 Å². The van der Waals surface area contributed by atoms with Crippen molar-refractivity contribution in [3.63, 3.8) is 0 Å². The number of hydrogen-bond donors (Lipinski definition) is 1. The first kappa shape index (κ1) is 13.4. The van der Waals surface area contributed by atoms with Gasteiger partial charge in [0.2, 0.25) is 0 Å². The average molecular weight is 313 g/mol. The van der Waals surface area contributed by atoms with Gasteiger partial charge in [-0.05, 0) is 41.0 Å². The van der Waals surface area contributed by atoms with Gasteiger partial charge in [-0.15, -0.1) is 0 Å². The van der Waals surface area contributed by atoms with Crippen molar-refractivity contribution in [1.29, 1.82) is 0 Å². The van der Waals surface area contributed by atoms with Crippen molar-refractivity contribution in [1.82, 2.24) is 10.3 Å². The van der Waals surface area contributed by atoms with E-state index in [1.54, 1.807) is 6.20 Å². The summed E-state index contributed by atoms with van der Waals surface area (Å²) in [6, 6.07) is 4.21. The average Bonchev–Trinajstić information content (AvgIpc) is 2.93. The summed E-state index contributed by atoms with van der Waals surface area (Å²) in [5.41, 5.74) is 0. The highest BCUT2D eigenvalue weighted by atomic mass is 79.9. The maximum absolute atomic E-state index is 5.64. The molecule has 0 unspecified atom stereocenters. The van der Waals surface area contributed by atoms with Gasteiger partial charge in [0.1, 0.15) is 0 Å². The van der Waals surface area contributed by atoms with Gasteiger partial charge in [0.05, 0.1) is 6.20 Å². The number of aryl methyl sites for hydroxylation is 1. The van der Waals surface area contributed by atoms with Crippen LogP contribution in [0.5, 0.6) is 0 Å². The Hall–Kier alpha value is -1.07. The molecule has 0 saturated carbocycles. The van der Waals surface area contributed by atoms with Crippen molar-refractivity contribution in [2.24, 2.45) is 0 Å². The second kappa shape index (κ2) is 6.20. The lowest BCUT2D eigenvalue weighted by Gasteiger charge is -2.05. The first-order valence-electron chi connectivity index (χ1n) is 6.09. The summed E-state index contributed by atoms with van der Waals surface area (Å²) in [6.45, 7) is 5.25. The van der Waals surface area contributed by atoms with Crippen molar-refractivity contribution < 1.29 is 8.83 Å². The molecule has 0 aliphatic heterocycles. The zero-order valence-electron chi connectivity index (χ0n) is 10.6. The van der Waals surface area contributed by atoms with E-state index in [1.807, 2.05) is 12.1 Å². The largest absolute Gasteiger partial charge is 0.446 e. The summed E-state index contributed by atoms with van der Waals surface area (Å²) in [4.78, 5) is 4.25. The molecule has 0 amide bonds. The molecular formula is C13H17BrN2O2. The molecule has 2 heterocycles. The van der Waals surface area contributed by atoms with Crippen LogP contribution in [-0.4, -0.2) is 17.6 Å². The molecule has 4 nitrogen and oxygen atoms in total. The third-order valence-electron chi connectivity index (χ3n) is 2.49. The maximum Gasteiger partial charge on any atom is 0.195 e. The maximum atomic E-state index is 5.64. The summed E-state index contributed by atoms with van der Waals surface area (Å²) < 4.78 is 11.7. The second-order valence-electron chi connectivity index (χ2n) is 4.43. The Balaban J connectivity index is 1.86. The van der Waals surface area contributed by atoms with E-state index >= 15 is 0 Å². The zero-order valence-corrected chi connectivity index (χ0v) is 12.2. The Labute approximate surface area is 115 Å². The fourth-order valence-electron chi connectivity index (χ4n) is 1.62. The number of hydrogen-bond acceptors (Lipinski definition) is 4. The van der Waals surface area contributed by atoms with Gasteiger partial charge >= 0.3 is 0 Å². The molecule has 0 saturated heterocycles. The third-order valence-corrected chi connectivity index (χ3v) is 2.92. The minimum atomic E-state index is 0.519. The number of furan rings is 1. The van der Waals surface area contributed by atoms with E-state index in [0.29, 0.717) is 22.2 Å². The summed E-state index contributed by atoms with van der Waals surface area (Å²) in [6.07, 6.45) is 3.55. The van der Waals surface area contributed by atoms with Gasteiger partial charge in [0.15, 0.2) is 22.1 Å². The summed E-state index contributed by atoms with van der Waals surface area (Å²) in [5.74, 6) is 2.12. The fourth-order valence-corrected chi connectivity index (χ4v) is 1.92. The number of oxazole rings is 1. The Bertz CT molecular complexity index is 491. The number of aromatic nitrogens is 1. The first-order valence-corrected chi connectivity index (χ1v) is 6.88. The predicted molar refractivity (Wildman–Crippen MR) is 73.4 cm³/mol. The number of nitrogens with zero attached hydrogens (tertiary/aromatic N) is 1. The van der Waals surface area contributed by atoms with Crippen LogP contribution < -0.4 is 5.32 Å². The van der Waals surface area contributed by atoms with Crippen LogP contribution in [0.15, 0.2) is 31.8 Å². The van der Waals surface area contributed by atoms with Crippen molar-refractivity contribution >= 4 is 15.9 Å². The highest BCUT2D eigenvalue weighted by Gasteiger charge is 2.09. The van der Waals surface area contributed by atoms with E-state index in [4.69, 9.17) is 8.83 Å². The van der Waals surface area contributed by atoms with E-state index in [1.165, 1.54) is 0 Å². The molecular weight excluding hydrogens is 296 g/mol. The molecule has 98 valence electrons. The molecule has 5 heteroatoms. The predicted octanol–water partition coefficient (Wildman–Crippen LogP) is 3.63. The van der Waals surface area contributed by atoms with Crippen LogP contribution in [0.1, 0.15) is 26.2 Å². The molecule has 2 aromatic heterocycles. The highest BCUT2D eigenvalue weighted by molar-refractivity contribution is 9.10. The van der Waals surface area contributed by atoms with Gasteiger partial charge in [-0.3, -0.25) is 0 Å². The van der Waals surface area contributed by atoms with Crippen LogP contribution in [0.25, 0.3) is 11.5 Å². The number of rotatable bonds is 6. The van der Waals surface area contributed by atoms with Gasteiger partial charge in [0.25, 0.3) is 0 Å². The van der Waals surface area contributed by atoms with Crippen LogP contribution in [0, 0.1) is 0 Å². The molecule has 0 atom stereocenters. The van der Waals surface area contributed by atoms with E-state index in [9.17, 15) is 0 Å². The van der Waals surface area contributed by atoms with Gasteiger partial charge in [-0.25, -0.2) is 4.98 Å². The van der Waals surface area contributed by atoms with Crippen molar-refractivity contribution in [2.75, 3.05) is 6.54 Å². The normalized spacial score (nSPS) is 11.3. The summed E-state index contributed by atoms with van der Waals surface area (Å²) >= 11 is 3.26. The van der Waals surface area contributed by atoms with Crippen molar-refractivity contribution in [2.45, 2.75) is 32.7 Å². The lowest BCUT2D eigenvalue weighted by atomic mass is 10.3. The lowest BCUT2D eigenvalue weighted by Crippen LogP contribution is -2.23. The molecule has 0 bridgehead atoms. The molecule has 0 aliphatic rings. The quantitative estimate of drug-likeness (QED) is 0.828. The van der Waals surface area contributed by atoms with Gasteiger partial charge in [-0.2, -0.15) is 0 Å². The highest BCUT2D eigenvalue weighted by Crippen LogP contribution is 2.25. The minimum Gasteiger partial charge on any atom is -0.446 e. The van der Waals surface area contributed by atoms with Gasteiger partial charge < -0.3 is 14.2 Å². The van der Waals surface area contributed by atoms with E-state index in [-0.39, 0.29) is 0 Å². The monoisotopic (exact) mass is 312 g/mol. The lowest BCUT2D eigenvalue weighted by molar-refractivity contribution is 0.464. The van der Waals surface area contributed by atoms with Crippen LogP contribution in [0.4, 0.5) is 0 Å². The fraction of sp³-hybridized carbons (Fsp3) is 0.462. The standard InChI is InChI=1S/C13H17BrN2O2/c1-9(2)15-7-3-4-13-16-8-11(18-13)10-5-6-12(14)17-10/h5-6,8-9,15H,3-4,7H2,1-2H3. The molecule has 18 heavy (non-hydrogen) atoms. The van der Waals surface area contributed by atoms with Gasteiger partial charge in [0, 0.05) is 12.5 Å². The molecule has 2 aromatic rings. The minimum absolute atomic E-state index is 0.519. The smallest absolute Gasteiger partial charge is 0.195 e. The van der Waals surface area contributed by atoms with Gasteiger partial charge in [-0.1, -0.05) is 13.8 Å². The number of halogens is 1. The van der Waals surface area contributed by atoms with E-state index in [0.717, 1.165) is 25.3 Å². The summed E-state index contributed by atoms with van der Waals surface area (Å²) in [5, 5.41) is 3.36. The van der Waals surface area contributed by atoms with E-state index in [2.05, 4.69) is 40.1 Å². The molecule has 0 aromatic carbocycles. The number of nitrogens with one attached hydrogen (secondary N) is 1. The Morgan fingerprint density at radius 1 is 1.28 bits per heavy atom. The summed E-state index contributed by atoms with van der Waals surface area (Å²) in [7, 11) is 0. The molecule has 2 rings (SSSR count). The SMILES string of the molecule is CC(C)NCCCc1ncc(-c2ccc(Br)o2)o1.